The molecule has 5 N–H and O–H groups in total. The van der Waals surface area contributed by atoms with Gasteiger partial charge in [-0.05, 0) is 49.4 Å². The van der Waals surface area contributed by atoms with Crippen LogP contribution < -0.4 is 26.6 Å². The van der Waals surface area contributed by atoms with Gasteiger partial charge in [0.05, 0.1) is 0 Å². The first-order chi connectivity index (χ1) is 14.6. The van der Waals surface area contributed by atoms with Gasteiger partial charge in [0.1, 0.15) is 0 Å². The van der Waals surface area contributed by atoms with Crippen molar-refractivity contribution in [2.24, 2.45) is 11.1 Å². The number of aromatic nitrogens is 3. The molecule has 9 heteroatoms. The van der Waals surface area contributed by atoms with E-state index in [9.17, 15) is 4.79 Å². The number of carbonyl (C=O) groups is 1. The van der Waals surface area contributed by atoms with Crippen molar-refractivity contribution in [1.29, 1.82) is 0 Å². The minimum Gasteiger partial charge on any atom is -0.366 e. The zero-order valence-electron chi connectivity index (χ0n) is 19.1. The SMILES string of the molecule is Cc1ccc(C(N)=O)cc1Nc1nc(NC[C@@H]2CCCN2)nc(N(C)CC(C)(C)C)n1. The number of hydrogen-bond donors (Lipinski definition) is 4. The van der Waals surface area contributed by atoms with Crippen LogP contribution in [0.25, 0.3) is 0 Å². The summed E-state index contributed by atoms with van der Waals surface area (Å²) in [6.45, 7) is 11.1. The normalized spacial score (nSPS) is 16.2. The van der Waals surface area contributed by atoms with E-state index in [0.29, 0.717) is 29.5 Å². The van der Waals surface area contributed by atoms with Gasteiger partial charge in [0.2, 0.25) is 23.8 Å². The van der Waals surface area contributed by atoms with Crippen LogP contribution in [0.2, 0.25) is 0 Å². The van der Waals surface area contributed by atoms with Crippen LogP contribution in [0.3, 0.4) is 0 Å². The number of nitrogens with two attached hydrogens (primary N) is 1. The van der Waals surface area contributed by atoms with E-state index in [1.54, 1.807) is 12.1 Å². The average Bonchev–Trinajstić information content (AvgIpc) is 3.20. The van der Waals surface area contributed by atoms with E-state index in [-0.39, 0.29) is 5.41 Å². The van der Waals surface area contributed by atoms with Crippen molar-refractivity contribution in [2.45, 2.75) is 46.6 Å². The van der Waals surface area contributed by atoms with Crippen LogP contribution in [0.5, 0.6) is 0 Å². The number of rotatable bonds is 8. The summed E-state index contributed by atoms with van der Waals surface area (Å²) in [5.74, 6) is 1.04. The Kier molecular flexibility index (Phi) is 6.94. The van der Waals surface area contributed by atoms with Crippen LogP contribution >= 0.6 is 0 Å². The molecule has 1 aliphatic heterocycles. The summed E-state index contributed by atoms with van der Waals surface area (Å²) < 4.78 is 0. The first-order valence-electron chi connectivity index (χ1n) is 10.7. The molecule has 1 aliphatic rings. The lowest BCUT2D eigenvalue weighted by atomic mass is 9.96. The number of nitrogens with one attached hydrogen (secondary N) is 3. The summed E-state index contributed by atoms with van der Waals surface area (Å²) >= 11 is 0. The zero-order chi connectivity index (χ0) is 22.6. The van der Waals surface area contributed by atoms with Gasteiger partial charge in [-0.2, -0.15) is 15.0 Å². The number of amides is 1. The quantitative estimate of drug-likeness (QED) is 0.508. The summed E-state index contributed by atoms with van der Waals surface area (Å²) in [4.78, 5) is 27.5. The number of carbonyl (C=O) groups excluding carboxylic acids is 1. The molecular formula is C22H34N8O. The molecule has 2 aromatic rings. The molecule has 3 rings (SSSR count). The molecule has 9 nitrogen and oxygen atoms in total. The predicted octanol–water partition coefficient (Wildman–Crippen LogP) is 2.67. The number of aryl methyl sites for hydroxylation is 1. The number of nitrogens with zero attached hydrogens (tertiary/aromatic N) is 4. The molecular weight excluding hydrogens is 392 g/mol. The first-order valence-corrected chi connectivity index (χ1v) is 10.7. The summed E-state index contributed by atoms with van der Waals surface area (Å²) in [7, 11) is 1.98. The van der Waals surface area contributed by atoms with E-state index >= 15 is 0 Å². The van der Waals surface area contributed by atoms with Crippen LogP contribution in [-0.2, 0) is 0 Å². The second-order valence-corrected chi connectivity index (χ2v) is 9.39. The maximum atomic E-state index is 11.6. The standard InChI is InChI=1S/C22H34N8O/c1-14-8-9-15(18(23)31)11-17(14)26-20-27-19(25-12-16-7-6-10-24-16)28-21(29-20)30(5)13-22(2,3)4/h8-9,11,16,24H,6-7,10,12-13H2,1-5H3,(H2,23,31)(H2,25,26,27,28,29)/t16-/m0/s1. The van der Waals surface area contributed by atoms with Gasteiger partial charge in [-0.15, -0.1) is 0 Å². The molecule has 1 atom stereocenters. The predicted molar refractivity (Wildman–Crippen MR) is 125 cm³/mol. The average molecular weight is 427 g/mol. The summed E-state index contributed by atoms with van der Waals surface area (Å²) in [6.07, 6.45) is 2.32. The summed E-state index contributed by atoms with van der Waals surface area (Å²) in [5.41, 5.74) is 7.65. The lowest BCUT2D eigenvalue weighted by Crippen LogP contribution is -2.32. The fourth-order valence-corrected chi connectivity index (χ4v) is 3.63. The fraction of sp³-hybridized carbons (Fsp3) is 0.545. The van der Waals surface area contributed by atoms with E-state index in [1.807, 2.05) is 24.9 Å². The number of anilines is 4. The largest absolute Gasteiger partial charge is 0.366 e. The Labute approximate surface area is 184 Å². The van der Waals surface area contributed by atoms with Crippen molar-refractivity contribution in [3.8, 4) is 0 Å². The number of benzene rings is 1. The summed E-state index contributed by atoms with van der Waals surface area (Å²) in [6, 6.07) is 5.69. The highest BCUT2D eigenvalue weighted by Gasteiger charge is 2.19. The molecule has 1 amide bonds. The highest BCUT2D eigenvalue weighted by atomic mass is 16.1. The van der Waals surface area contributed by atoms with Crippen molar-refractivity contribution in [3.63, 3.8) is 0 Å². The van der Waals surface area contributed by atoms with Crippen molar-refractivity contribution in [3.05, 3.63) is 29.3 Å². The van der Waals surface area contributed by atoms with E-state index in [1.165, 1.54) is 6.42 Å². The molecule has 0 spiro atoms. The molecule has 1 aromatic carbocycles. The Morgan fingerprint density at radius 2 is 2.00 bits per heavy atom. The Morgan fingerprint density at radius 1 is 1.26 bits per heavy atom. The van der Waals surface area contributed by atoms with Crippen molar-refractivity contribution >= 4 is 29.4 Å². The maximum Gasteiger partial charge on any atom is 0.248 e. The minimum atomic E-state index is -0.476. The van der Waals surface area contributed by atoms with Crippen LogP contribution in [0.4, 0.5) is 23.5 Å². The number of primary amides is 1. The van der Waals surface area contributed by atoms with Gasteiger partial charge in [0.25, 0.3) is 0 Å². The van der Waals surface area contributed by atoms with Gasteiger partial charge in [-0.25, -0.2) is 0 Å². The molecule has 0 saturated carbocycles. The highest BCUT2D eigenvalue weighted by molar-refractivity contribution is 5.94. The van der Waals surface area contributed by atoms with Gasteiger partial charge >= 0.3 is 0 Å². The smallest absolute Gasteiger partial charge is 0.248 e. The third-order valence-electron chi connectivity index (χ3n) is 5.11. The molecule has 31 heavy (non-hydrogen) atoms. The lowest BCUT2D eigenvalue weighted by molar-refractivity contribution is 0.100. The van der Waals surface area contributed by atoms with Crippen LogP contribution in [0.15, 0.2) is 18.2 Å². The van der Waals surface area contributed by atoms with E-state index < -0.39 is 5.91 Å². The Balaban J connectivity index is 1.88. The molecule has 1 fully saturated rings. The molecule has 168 valence electrons. The third-order valence-corrected chi connectivity index (χ3v) is 5.11. The van der Waals surface area contributed by atoms with Crippen LogP contribution in [-0.4, -0.2) is 53.6 Å². The van der Waals surface area contributed by atoms with Crippen molar-refractivity contribution < 1.29 is 4.79 Å². The molecule has 0 bridgehead atoms. The molecule has 0 radical (unpaired) electrons. The Bertz CT molecular complexity index is 918. The van der Waals surface area contributed by atoms with Crippen molar-refractivity contribution in [1.82, 2.24) is 20.3 Å². The van der Waals surface area contributed by atoms with Gasteiger partial charge in [-0.1, -0.05) is 26.8 Å². The molecule has 1 saturated heterocycles. The maximum absolute atomic E-state index is 11.6. The first kappa shape index (κ1) is 22.7. The third kappa shape index (κ3) is 6.52. The van der Waals surface area contributed by atoms with E-state index in [2.05, 4.69) is 51.7 Å². The monoisotopic (exact) mass is 426 g/mol. The van der Waals surface area contributed by atoms with Crippen LogP contribution in [0.1, 0.15) is 49.5 Å². The van der Waals surface area contributed by atoms with Crippen molar-refractivity contribution in [2.75, 3.05) is 42.2 Å². The van der Waals surface area contributed by atoms with Gasteiger partial charge in [-0.3, -0.25) is 4.79 Å². The van der Waals surface area contributed by atoms with Gasteiger partial charge in [0, 0.05) is 37.4 Å². The van der Waals surface area contributed by atoms with Crippen LogP contribution in [0, 0.1) is 12.3 Å². The molecule has 1 aromatic heterocycles. The zero-order valence-corrected chi connectivity index (χ0v) is 19.1. The minimum absolute atomic E-state index is 0.0860. The van der Waals surface area contributed by atoms with E-state index in [4.69, 9.17) is 5.73 Å². The molecule has 0 aliphatic carbocycles. The van der Waals surface area contributed by atoms with Gasteiger partial charge < -0.3 is 26.6 Å². The Morgan fingerprint density at radius 3 is 2.65 bits per heavy atom. The fourth-order valence-electron chi connectivity index (χ4n) is 3.63. The topological polar surface area (TPSA) is 121 Å². The summed E-state index contributed by atoms with van der Waals surface area (Å²) in [5, 5.41) is 10.1. The lowest BCUT2D eigenvalue weighted by Gasteiger charge is -2.27. The van der Waals surface area contributed by atoms with Gasteiger partial charge in [0.15, 0.2) is 0 Å². The van der Waals surface area contributed by atoms with E-state index in [0.717, 1.165) is 37.3 Å². The Hall–Kier alpha value is -2.94. The second-order valence-electron chi connectivity index (χ2n) is 9.39. The highest BCUT2D eigenvalue weighted by Crippen LogP contribution is 2.23. The molecule has 2 heterocycles. The second kappa shape index (κ2) is 9.47. The number of hydrogen-bond acceptors (Lipinski definition) is 8. The molecule has 0 unspecified atom stereocenters.